The fraction of sp³-hybridized carbons (Fsp3) is 0.643. The van der Waals surface area contributed by atoms with Gasteiger partial charge in [-0.25, -0.2) is 4.98 Å². The molecule has 1 aromatic rings. The van der Waals surface area contributed by atoms with Gasteiger partial charge in [-0.1, -0.05) is 37.0 Å². The molecule has 0 aromatic carbocycles. The lowest BCUT2D eigenvalue weighted by Gasteiger charge is -2.29. The molecular formula is C14H21Cl2N3. The quantitative estimate of drug-likeness (QED) is 0.891. The third-order valence-corrected chi connectivity index (χ3v) is 4.16. The molecule has 2 rings (SSSR count). The van der Waals surface area contributed by atoms with E-state index in [2.05, 4.69) is 29.0 Å². The van der Waals surface area contributed by atoms with Crippen molar-refractivity contribution in [1.29, 1.82) is 0 Å². The number of aromatic nitrogens is 1. The molecule has 0 amide bonds. The lowest BCUT2D eigenvalue weighted by atomic mass is 10.0. The molecule has 1 fully saturated rings. The number of anilines is 2. The van der Waals surface area contributed by atoms with Gasteiger partial charge in [0.05, 0.1) is 10.0 Å². The summed E-state index contributed by atoms with van der Waals surface area (Å²) in [6.07, 6.45) is 2.40. The van der Waals surface area contributed by atoms with E-state index in [0.29, 0.717) is 22.0 Å². The molecule has 3 nitrogen and oxygen atoms in total. The Labute approximate surface area is 125 Å². The fourth-order valence-corrected chi connectivity index (χ4v) is 3.23. The summed E-state index contributed by atoms with van der Waals surface area (Å²) in [4.78, 5) is 6.95. The lowest BCUT2D eigenvalue weighted by Crippen LogP contribution is -2.34. The van der Waals surface area contributed by atoms with E-state index < -0.39 is 0 Å². The van der Waals surface area contributed by atoms with E-state index in [4.69, 9.17) is 23.2 Å². The number of pyridine rings is 1. The summed E-state index contributed by atoms with van der Waals surface area (Å²) in [5.41, 5.74) is 0. The van der Waals surface area contributed by atoms with Gasteiger partial charge >= 0.3 is 0 Å². The average Bonchev–Trinajstić information content (AvgIpc) is 2.81. The highest BCUT2D eigenvalue weighted by Crippen LogP contribution is 2.36. The van der Waals surface area contributed by atoms with Gasteiger partial charge in [0.25, 0.3) is 0 Å². The first-order valence-electron chi connectivity index (χ1n) is 6.91. The Bertz CT molecular complexity index is 449. The van der Waals surface area contributed by atoms with Crippen molar-refractivity contribution in [3.63, 3.8) is 0 Å². The first-order valence-corrected chi connectivity index (χ1v) is 7.66. The van der Waals surface area contributed by atoms with Gasteiger partial charge in [-0.15, -0.1) is 0 Å². The van der Waals surface area contributed by atoms with E-state index >= 15 is 0 Å². The van der Waals surface area contributed by atoms with Gasteiger partial charge in [-0.05, 0) is 31.7 Å². The summed E-state index contributed by atoms with van der Waals surface area (Å²) in [5, 5.41) is 4.40. The Kier molecular flexibility index (Phi) is 4.80. The molecule has 1 aliphatic heterocycles. The Morgan fingerprint density at radius 1 is 1.42 bits per heavy atom. The molecule has 0 saturated carbocycles. The van der Waals surface area contributed by atoms with Crippen molar-refractivity contribution in [2.45, 2.75) is 39.7 Å². The van der Waals surface area contributed by atoms with Crippen molar-refractivity contribution in [3.8, 4) is 0 Å². The summed E-state index contributed by atoms with van der Waals surface area (Å²) < 4.78 is 0. The molecule has 19 heavy (non-hydrogen) atoms. The molecule has 0 spiro atoms. The summed E-state index contributed by atoms with van der Waals surface area (Å²) in [5.74, 6) is 2.18. The van der Waals surface area contributed by atoms with Crippen molar-refractivity contribution in [2.24, 2.45) is 5.92 Å². The van der Waals surface area contributed by atoms with Crippen molar-refractivity contribution >= 4 is 34.8 Å². The highest BCUT2D eigenvalue weighted by molar-refractivity contribution is 6.37. The third-order valence-electron chi connectivity index (χ3n) is 3.60. The number of rotatable bonds is 4. The van der Waals surface area contributed by atoms with Crippen LogP contribution < -0.4 is 10.2 Å². The maximum atomic E-state index is 6.34. The van der Waals surface area contributed by atoms with Crippen LogP contribution in [-0.4, -0.2) is 24.1 Å². The highest BCUT2D eigenvalue weighted by atomic mass is 35.5. The molecule has 0 bridgehead atoms. The zero-order valence-corrected chi connectivity index (χ0v) is 13.2. The van der Waals surface area contributed by atoms with E-state index in [1.165, 1.54) is 12.8 Å². The zero-order chi connectivity index (χ0) is 14.0. The Balaban J connectivity index is 2.35. The van der Waals surface area contributed by atoms with Crippen LogP contribution in [0.1, 0.15) is 33.6 Å². The molecule has 1 unspecified atom stereocenters. The van der Waals surface area contributed by atoms with Crippen molar-refractivity contribution < 1.29 is 0 Å². The maximum Gasteiger partial charge on any atom is 0.150 e. The number of halogens is 2. The second-order valence-electron chi connectivity index (χ2n) is 5.30. The van der Waals surface area contributed by atoms with Crippen molar-refractivity contribution in [3.05, 3.63) is 16.1 Å². The van der Waals surface area contributed by atoms with Gasteiger partial charge in [-0.2, -0.15) is 0 Å². The van der Waals surface area contributed by atoms with Crippen LogP contribution in [0.4, 0.5) is 11.6 Å². The largest absolute Gasteiger partial charge is 0.369 e. The van der Waals surface area contributed by atoms with Crippen LogP contribution in [0.3, 0.4) is 0 Å². The third kappa shape index (κ3) is 3.09. The molecule has 2 heterocycles. The summed E-state index contributed by atoms with van der Waals surface area (Å²) in [7, 11) is 0. The van der Waals surface area contributed by atoms with Crippen LogP contribution in [0.15, 0.2) is 6.07 Å². The topological polar surface area (TPSA) is 28.2 Å². The predicted octanol–water partition coefficient (Wildman–Crippen LogP) is 4.45. The predicted molar refractivity (Wildman–Crippen MR) is 83.6 cm³/mol. The van der Waals surface area contributed by atoms with E-state index in [9.17, 15) is 0 Å². The van der Waals surface area contributed by atoms with Gasteiger partial charge in [0, 0.05) is 19.1 Å². The molecule has 0 aliphatic carbocycles. The molecule has 106 valence electrons. The van der Waals surface area contributed by atoms with E-state index in [1.807, 2.05) is 6.92 Å². The van der Waals surface area contributed by atoms with Crippen molar-refractivity contribution in [1.82, 2.24) is 4.98 Å². The average molecular weight is 302 g/mol. The zero-order valence-electron chi connectivity index (χ0n) is 11.7. The van der Waals surface area contributed by atoms with Crippen LogP contribution >= 0.6 is 23.2 Å². The number of nitrogens with one attached hydrogen (secondary N) is 1. The van der Waals surface area contributed by atoms with E-state index in [1.54, 1.807) is 6.07 Å². The number of hydrogen-bond donors (Lipinski definition) is 1. The first-order chi connectivity index (χ1) is 9.04. The van der Waals surface area contributed by atoms with Gasteiger partial charge in [0.15, 0.2) is 0 Å². The lowest BCUT2D eigenvalue weighted by molar-refractivity contribution is 0.490. The van der Waals surface area contributed by atoms with Crippen LogP contribution in [-0.2, 0) is 0 Å². The van der Waals surface area contributed by atoms with Crippen LogP contribution in [0.5, 0.6) is 0 Å². The smallest absolute Gasteiger partial charge is 0.150 e. The standard InChI is InChI=1S/C14H21Cl2N3/c1-4-17-13-10(15)8-11(16)14(18-13)19-7-5-6-12(19)9(2)3/h8-9,12H,4-7H2,1-3H3,(H,17,18). The minimum Gasteiger partial charge on any atom is -0.369 e. The SMILES string of the molecule is CCNc1nc(N2CCCC2C(C)C)c(Cl)cc1Cl. The van der Waals surface area contributed by atoms with Gasteiger partial charge in [-0.3, -0.25) is 0 Å². The second-order valence-corrected chi connectivity index (χ2v) is 6.12. The van der Waals surface area contributed by atoms with Crippen molar-refractivity contribution in [2.75, 3.05) is 23.3 Å². The fourth-order valence-electron chi connectivity index (χ4n) is 2.70. The Morgan fingerprint density at radius 3 is 2.79 bits per heavy atom. The molecule has 1 saturated heterocycles. The molecule has 1 aromatic heterocycles. The number of hydrogen-bond acceptors (Lipinski definition) is 3. The van der Waals surface area contributed by atoms with Gasteiger partial charge in [0.2, 0.25) is 0 Å². The Hall–Kier alpha value is -0.670. The summed E-state index contributed by atoms with van der Waals surface area (Å²) in [6.45, 7) is 8.33. The highest BCUT2D eigenvalue weighted by Gasteiger charge is 2.30. The normalized spacial score (nSPS) is 19.3. The minimum absolute atomic E-state index is 0.514. The molecular weight excluding hydrogens is 281 g/mol. The summed E-state index contributed by atoms with van der Waals surface area (Å²) in [6, 6.07) is 2.31. The van der Waals surface area contributed by atoms with Crippen LogP contribution in [0.2, 0.25) is 10.0 Å². The number of nitrogens with zero attached hydrogens (tertiary/aromatic N) is 2. The van der Waals surface area contributed by atoms with E-state index in [-0.39, 0.29) is 0 Å². The molecule has 1 N–H and O–H groups in total. The maximum absolute atomic E-state index is 6.34. The van der Waals surface area contributed by atoms with Crippen LogP contribution in [0.25, 0.3) is 0 Å². The molecule has 1 aliphatic rings. The molecule has 1 atom stereocenters. The second kappa shape index (κ2) is 6.19. The Morgan fingerprint density at radius 2 is 2.16 bits per heavy atom. The van der Waals surface area contributed by atoms with Gasteiger partial charge in [0.1, 0.15) is 11.6 Å². The van der Waals surface area contributed by atoms with E-state index in [0.717, 1.165) is 24.7 Å². The first kappa shape index (κ1) is 14.7. The summed E-state index contributed by atoms with van der Waals surface area (Å²) >= 11 is 12.5. The monoisotopic (exact) mass is 301 g/mol. The van der Waals surface area contributed by atoms with Crippen LogP contribution in [0, 0.1) is 5.92 Å². The molecule has 0 radical (unpaired) electrons. The van der Waals surface area contributed by atoms with Gasteiger partial charge < -0.3 is 10.2 Å². The molecule has 5 heteroatoms. The minimum atomic E-state index is 0.514.